The van der Waals surface area contributed by atoms with Crippen LogP contribution in [0.5, 0.6) is 0 Å². The summed E-state index contributed by atoms with van der Waals surface area (Å²) < 4.78 is 12.7. The molecule has 0 saturated carbocycles. The number of carboxylic acid groups (broad SMARTS) is 1. The predicted molar refractivity (Wildman–Crippen MR) is 68.7 cm³/mol. The molecule has 3 nitrogen and oxygen atoms in total. The van der Waals surface area contributed by atoms with Crippen LogP contribution in [-0.4, -0.2) is 17.1 Å². The van der Waals surface area contributed by atoms with E-state index < -0.39 is 11.9 Å². The summed E-state index contributed by atoms with van der Waals surface area (Å²) in [4.78, 5) is 10.8. The Morgan fingerprint density at radius 2 is 1.89 bits per heavy atom. The first kappa shape index (κ1) is 14.6. The second kappa shape index (κ2) is 6.50. The Hall–Kier alpha value is -1.42. The molecule has 100 valence electrons. The van der Waals surface area contributed by atoms with Crippen molar-refractivity contribution >= 4 is 5.97 Å². The lowest BCUT2D eigenvalue weighted by atomic mass is 9.89. The highest BCUT2D eigenvalue weighted by atomic mass is 19.1. The van der Waals surface area contributed by atoms with Gasteiger partial charge in [-0.1, -0.05) is 26.0 Å². The van der Waals surface area contributed by atoms with E-state index in [4.69, 9.17) is 10.8 Å². The van der Waals surface area contributed by atoms with Crippen LogP contribution >= 0.6 is 0 Å². The van der Waals surface area contributed by atoms with E-state index in [0.717, 1.165) is 12.0 Å². The Labute approximate surface area is 107 Å². The highest BCUT2D eigenvalue weighted by Gasteiger charge is 2.21. The maximum absolute atomic E-state index is 12.7. The van der Waals surface area contributed by atoms with E-state index in [0.29, 0.717) is 6.42 Å². The van der Waals surface area contributed by atoms with Crippen molar-refractivity contribution in [3.63, 3.8) is 0 Å². The minimum atomic E-state index is -0.864. The summed E-state index contributed by atoms with van der Waals surface area (Å²) in [5.74, 6) is -1.38. The molecule has 18 heavy (non-hydrogen) atoms. The average Bonchev–Trinajstić information content (AvgIpc) is 2.30. The third-order valence-electron chi connectivity index (χ3n) is 3.20. The van der Waals surface area contributed by atoms with Gasteiger partial charge in [-0.25, -0.2) is 4.39 Å². The molecule has 4 heteroatoms. The summed E-state index contributed by atoms with van der Waals surface area (Å²) in [5, 5.41) is 8.86. The van der Waals surface area contributed by atoms with Crippen molar-refractivity contribution in [2.75, 3.05) is 0 Å². The molecule has 0 amide bonds. The van der Waals surface area contributed by atoms with Gasteiger partial charge in [-0.15, -0.1) is 0 Å². The van der Waals surface area contributed by atoms with Crippen molar-refractivity contribution in [2.24, 2.45) is 17.6 Å². The quantitative estimate of drug-likeness (QED) is 0.818. The summed E-state index contributed by atoms with van der Waals surface area (Å²) in [7, 11) is 0. The van der Waals surface area contributed by atoms with Crippen LogP contribution in [0.2, 0.25) is 0 Å². The lowest BCUT2D eigenvalue weighted by Gasteiger charge is -2.20. The number of carbonyl (C=O) groups is 1. The minimum Gasteiger partial charge on any atom is -0.481 e. The third kappa shape index (κ3) is 4.45. The maximum atomic E-state index is 12.7. The van der Waals surface area contributed by atoms with Gasteiger partial charge in [0.05, 0.1) is 5.92 Å². The fourth-order valence-electron chi connectivity index (χ4n) is 1.96. The smallest absolute Gasteiger partial charge is 0.307 e. The molecule has 1 rings (SSSR count). The average molecular weight is 253 g/mol. The third-order valence-corrected chi connectivity index (χ3v) is 3.20. The fourth-order valence-corrected chi connectivity index (χ4v) is 1.96. The number of rotatable bonds is 6. The van der Waals surface area contributed by atoms with Crippen LogP contribution in [-0.2, 0) is 11.2 Å². The Morgan fingerprint density at radius 1 is 1.33 bits per heavy atom. The van der Waals surface area contributed by atoms with Crippen LogP contribution in [0.25, 0.3) is 0 Å². The molecule has 0 aliphatic heterocycles. The van der Waals surface area contributed by atoms with Crippen molar-refractivity contribution in [1.29, 1.82) is 0 Å². The van der Waals surface area contributed by atoms with Crippen LogP contribution in [0.1, 0.15) is 25.8 Å². The van der Waals surface area contributed by atoms with Gasteiger partial charge in [0.1, 0.15) is 5.82 Å². The zero-order chi connectivity index (χ0) is 13.7. The molecule has 0 spiro atoms. The van der Waals surface area contributed by atoms with Gasteiger partial charge in [0, 0.05) is 6.04 Å². The molecule has 0 saturated heterocycles. The summed E-state index contributed by atoms with van der Waals surface area (Å²) in [5.41, 5.74) is 6.90. The second-order valence-electron chi connectivity index (χ2n) is 4.96. The van der Waals surface area contributed by atoms with Crippen molar-refractivity contribution in [3.05, 3.63) is 35.6 Å². The number of nitrogens with two attached hydrogens (primary N) is 1. The molecule has 0 radical (unpaired) electrons. The molecule has 1 unspecified atom stereocenters. The number of carboxylic acids is 1. The monoisotopic (exact) mass is 253 g/mol. The first-order valence-electron chi connectivity index (χ1n) is 6.13. The molecule has 3 N–H and O–H groups in total. The normalized spacial score (nSPS) is 16.0. The van der Waals surface area contributed by atoms with Crippen LogP contribution in [0.3, 0.4) is 0 Å². The summed E-state index contributed by atoms with van der Waals surface area (Å²) in [6.07, 6.45) is 1.42. The van der Waals surface area contributed by atoms with E-state index in [1.807, 2.05) is 6.92 Å². The van der Waals surface area contributed by atoms with Crippen molar-refractivity contribution in [2.45, 2.75) is 32.7 Å². The van der Waals surface area contributed by atoms with Gasteiger partial charge in [-0.05, 0) is 36.5 Å². The van der Waals surface area contributed by atoms with Gasteiger partial charge in [0.15, 0.2) is 0 Å². The van der Waals surface area contributed by atoms with Gasteiger partial charge < -0.3 is 10.8 Å². The molecule has 0 aliphatic rings. The number of hydrogen-bond donors (Lipinski definition) is 2. The Bertz CT molecular complexity index is 391. The molecule has 0 bridgehead atoms. The first-order valence-corrected chi connectivity index (χ1v) is 6.13. The van der Waals surface area contributed by atoms with E-state index in [1.54, 1.807) is 19.1 Å². The Kier molecular flexibility index (Phi) is 5.28. The molecule has 1 aromatic carbocycles. The Morgan fingerprint density at radius 3 is 2.39 bits per heavy atom. The van der Waals surface area contributed by atoms with Crippen LogP contribution in [0.15, 0.2) is 24.3 Å². The second-order valence-corrected chi connectivity index (χ2v) is 4.96. The van der Waals surface area contributed by atoms with Crippen molar-refractivity contribution in [1.82, 2.24) is 0 Å². The lowest BCUT2D eigenvalue weighted by Crippen LogP contribution is -2.35. The predicted octanol–water partition coefficient (Wildman–Crippen LogP) is 2.44. The number of benzene rings is 1. The summed E-state index contributed by atoms with van der Waals surface area (Å²) in [6.45, 7) is 3.65. The van der Waals surface area contributed by atoms with Crippen LogP contribution in [0, 0.1) is 17.7 Å². The van der Waals surface area contributed by atoms with Crippen LogP contribution in [0.4, 0.5) is 4.39 Å². The summed E-state index contributed by atoms with van der Waals surface area (Å²) in [6, 6.07) is 6.01. The molecule has 1 aromatic rings. The largest absolute Gasteiger partial charge is 0.481 e. The number of hydrogen-bond acceptors (Lipinski definition) is 2. The standard InChI is InChI=1S/C14H20FNO2/c1-9(8-13(16)10(2)14(17)18)7-11-3-5-12(15)6-4-11/h3-6,9-10,13H,7-8,16H2,1-2H3,(H,17,18)/t9-,10?,13-/m0/s1. The van der Waals surface area contributed by atoms with Crippen molar-refractivity contribution < 1.29 is 14.3 Å². The topological polar surface area (TPSA) is 63.3 Å². The van der Waals surface area contributed by atoms with E-state index in [2.05, 4.69) is 0 Å². The fraction of sp³-hybridized carbons (Fsp3) is 0.500. The molecule has 0 aliphatic carbocycles. The van der Waals surface area contributed by atoms with Gasteiger partial charge in [0.2, 0.25) is 0 Å². The van der Waals surface area contributed by atoms with Gasteiger partial charge in [-0.3, -0.25) is 4.79 Å². The number of halogens is 1. The van der Waals surface area contributed by atoms with Crippen LogP contribution < -0.4 is 5.73 Å². The highest BCUT2D eigenvalue weighted by molar-refractivity contribution is 5.70. The molecular weight excluding hydrogens is 233 g/mol. The van der Waals surface area contributed by atoms with Gasteiger partial charge in [0.25, 0.3) is 0 Å². The van der Waals surface area contributed by atoms with E-state index in [9.17, 15) is 9.18 Å². The molecule has 3 atom stereocenters. The zero-order valence-electron chi connectivity index (χ0n) is 10.8. The molecule has 0 aromatic heterocycles. The van der Waals surface area contributed by atoms with Gasteiger partial charge in [-0.2, -0.15) is 0 Å². The molecule has 0 heterocycles. The van der Waals surface area contributed by atoms with Gasteiger partial charge >= 0.3 is 5.97 Å². The van der Waals surface area contributed by atoms with E-state index in [1.165, 1.54) is 12.1 Å². The van der Waals surface area contributed by atoms with E-state index >= 15 is 0 Å². The summed E-state index contributed by atoms with van der Waals surface area (Å²) >= 11 is 0. The maximum Gasteiger partial charge on any atom is 0.307 e. The SMILES string of the molecule is CC(C(=O)O)[C@@H](N)C[C@@H](C)Cc1ccc(F)cc1. The zero-order valence-corrected chi connectivity index (χ0v) is 10.8. The first-order chi connectivity index (χ1) is 8.40. The molecular formula is C14H20FNO2. The van der Waals surface area contributed by atoms with E-state index in [-0.39, 0.29) is 17.8 Å². The van der Waals surface area contributed by atoms with Crippen molar-refractivity contribution in [3.8, 4) is 0 Å². The lowest BCUT2D eigenvalue weighted by molar-refractivity contribution is -0.141. The highest BCUT2D eigenvalue weighted by Crippen LogP contribution is 2.17. The minimum absolute atomic E-state index is 0.248. The Balaban J connectivity index is 2.48. The number of aliphatic carboxylic acids is 1. The molecule has 0 fully saturated rings.